The molecule has 37 heavy (non-hydrogen) atoms. The molecule has 0 N–H and O–H groups in total. The van der Waals surface area contributed by atoms with E-state index in [4.69, 9.17) is 4.74 Å². The number of hydrogen-bond donors (Lipinski definition) is 0. The summed E-state index contributed by atoms with van der Waals surface area (Å²) in [7, 11) is 0. The molecule has 4 aromatic carbocycles. The fourth-order valence-electron chi connectivity index (χ4n) is 4.10. The van der Waals surface area contributed by atoms with Crippen molar-refractivity contribution in [3.63, 3.8) is 0 Å². The molecule has 0 spiro atoms. The van der Waals surface area contributed by atoms with Crippen molar-refractivity contribution in [2.75, 3.05) is 6.61 Å². The van der Waals surface area contributed by atoms with Crippen molar-refractivity contribution in [3.05, 3.63) is 107 Å². The van der Waals surface area contributed by atoms with Gasteiger partial charge in [0.1, 0.15) is 11.6 Å². The Morgan fingerprint density at radius 3 is 1.76 bits per heavy atom. The number of rotatable bonds is 6. The van der Waals surface area contributed by atoms with Gasteiger partial charge in [0, 0.05) is 12.0 Å². The first-order valence-corrected chi connectivity index (χ1v) is 12.5. The van der Waals surface area contributed by atoms with Crippen LogP contribution in [0, 0.1) is 30.9 Å². The van der Waals surface area contributed by atoms with Gasteiger partial charge in [0.05, 0.1) is 12.0 Å². The second-order valence-corrected chi connectivity index (χ2v) is 10.5. The predicted octanol–water partition coefficient (Wildman–Crippen LogP) is 8.71. The van der Waals surface area contributed by atoms with E-state index in [2.05, 4.69) is 0 Å². The average Bonchev–Trinajstić information content (AvgIpc) is 2.87. The summed E-state index contributed by atoms with van der Waals surface area (Å²) in [4.78, 5) is 11.9. The van der Waals surface area contributed by atoms with Crippen LogP contribution in [0.3, 0.4) is 0 Å². The second kappa shape index (κ2) is 10.7. The van der Waals surface area contributed by atoms with Crippen molar-refractivity contribution in [2.24, 2.45) is 5.41 Å². The first-order chi connectivity index (χ1) is 17.5. The zero-order chi connectivity index (χ0) is 26.7. The Hall–Kier alpha value is -3.79. The molecule has 0 amide bonds. The molecule has 190 valence electrons. The van der Waals surface area contributed by atoms with Crippen LogP contribution in [0.1, 0.15) is 37.5 Å². The van der Waals surface area contributed by atoms with E-state index in [0.29, 0.717) is 29.7 Å². The van der Waals surface area contributed by atoms with Crippen LogP contribution in [0.5, 0.6) is 0 Å². The van der Waals surface area contributed by atoms with Crippen LogP contribution in [-0.2, 0) is 16.0 Å². The van der Waals surface area contributed by atoms with Crippen molar-refractivity contribution in [1.82, 2.24) is 0 Å². The lowest BCUT2D eigenvalue weighted by atomic mass is 9.96. The molecule has 0 aliphatic carbocycles. The van der Waals surface area contributed by atoms with Crippen LogP contribution < -0.4 is 0 Å². The van der Waals surface area contributed by atoms with Gasteiger partial charge in [-0.15, -0.1) is 0 Å². The highest BCUT2D eigenvalue weighted by Gasteiger charge is 2.22. The van der Waals surface area contributed by atoms with Crippen molar-refractivity contribution in [3.8, 4) is 33.4 Å². The fourth-order valence-corrected chi connectivity index (χ4v) is 4.10. The van der Waals surface area contributed by atoms with Gasteiger partial charge >= 0.3 is 5.97 Å². The third-order valence-electron chi connectivity index (χ3n) is 6.63. The number of halogens is 2. The van der Waals surface area contributed by atoms with E-state index in [1.54, 1.807) is 13.0 Å². The molecule has 4 rings (SSSR count). The molecule has 0 heterocycles. The van der Waals surface area contributed by atoms with Crippen LogP contribution in [0.2, 0.25) is 0 Å². The minimum absolute atomic E-state index is 0.196. The Kier molecular flexibility index (Phi) is 7.58. The number of ether oxygens (including phenoxy) is 1. The van der Waals surface area contributed by atoms with Crippen LogP contribution in [0.15, 0.2) is 78.9 Å². The van der Waals surface area contributed by atoms with E-state index < -0.39 is 5.41 Å². The van der Waals surface area contributed by atoms with E-state index in [0.717, 1.165) is 33.4 Å². The molecule has 0 aliphatic heterocycles. The molecule has 0 atom stereocenters. The second-order valence-electron chi connectivity index (χ2n) is 10.5. The zero-order valence-corrected chi connectivity index (χ0v) is 22.0. The van der Waals surface area contributed by atoms with E-state index >= 15 is 4.39 Å². The molecule has 2 nitrogen and oxygen atoms in total. The number of carbonyl (C=O) groups is 1. The minimum Gasteiger partial charge on any atom is -0.465 e. The van der Waals surface area contributed by atoms with Crippen molar-refractivity contribution in [2.45, 2.75) is 41.0 Å². The monoisotopic (exact) mass is 498 g/mol. The molecule has 4 aromatic rings. The van der Waals surface area contributed by atoms with Gasteiger partial charge in [-0.1, -0.05) is 66.7 Å². The van der Waals surface area contributed by atoms with Gasteiger partial charge in [0.15, 0.2) is 0 Å². The summed E-state index contributed by atoms with van der Waals surface area (Å²) in [6, 6.07) is 24.4. The number of benzene rings is 4. The third-order valence-corrected chi connectivity index (χ3v) is 6.63. The van der Waals surface area contributed by atoms with Gasteiger partial charge in [0.2, 0.25) is 0 Å². The van der Waals surface area contributed by atoms with Gasteiger partial charge in [-0.25, -0.2) is 8.78 Å². The Morgan fingerprint density at radius 1 is 0.703 bits per heavy atom. The maximum atomic E-state index is 15.0. The average molecular weight is 499 g/mol. The smallest absolute Gasteiger partial charge is 0.311 e. The molecule has 0 radical (unpaired) electrons. The molecule has 0 aromatic heterocycles. The number of esters is 1. The number of aryl methyl sites for hydroxylation is 1. The summed E-state index contributed by atoms with van der Waals surface area (Å²) < 4.78 is 34.5. The van der Waals surface area contributed by atoms with Gasteiger partial charge in [-0.05, 0) is 91.3 Å². The Bertz CT molecular complexity index is 1390. The summed E-state index contributed by atoms with van der Waals surface area (Å²) in [5, 5.41) is 0. The Morgan fingerprint density at radius 2 is 1.22 bits per heavy atom. The first-order valence-electron chi connectivity index (χ1n) is 12.5. The highest BCUT2D eigenvalue weighted by molar-refractivity contribution is 5.75. The molecule has 0 saturated carbocycles. The van der Waals surface area contributed by atoms with Crippen molar-refractivity contribution < 1.29 is 18.3 Å². The summed E-state index contributed by atoms with van der Waals surface area (Å²) in [5.74, 6) is -0.906. The largest absolute Gasteiger partial charge is 0.465 e. The van der Waals surface area contributed by atoms with Gasteiger partial charge in [0.25, 0.3) is 0 Å². The SMILES string of the molecule is Cc1cc(-c2ccc(-c3ccc(-c4ccc(CCOC(=O)C(C)(C)C)cc4)cc3)cc2F)cc(F)c1C. The van der Waals surface area contributed by atoms with E-state index in [-0.39, 0.29) is 17.6 Å². The fraction of sp³-hybridized carbons (Fsp3) is 0.242. The van der Waals surface area contributed by atoms with Gasteiger partial charge in [-0.3, -0.25) is 4.79 Å². The predicted molar refractivity (Wildman–Crippen MR) is 146 cm³/mol. The molecule has 4 heteroatoms. The van der Waals surface area contributed by atoms with Crippen LogP contribution >= 0.6 is 0 Å². The van der Waals surface area contributed by atoms with Gasteiger partial charge < -0.3 is 4.74 Å². The molecule has 0 aliphatic rings. The maximum absolute atomic E-state index is 15.0. The standard InChI is InChI=1S/C33H32F2O2/c1-21-18-28(20-30(34)22(21)2)29-15-14-27(19-31(29)35)26-12-10-25(11-13-26)24-8-6-23(7-9-24)16-17-37-32(36)33(3,4)5/h6-15,18-20H,16-17H2,1-5H3. The Balaban J connectivity index is 1.44. The van der Waals surface area contributed by atoms with Gasteiger partial charge in [-0.2, -0.15) is 0 Å². The molecule has 0 fully saturated rings. The molecular weight excluding hydrogens is 466 g/mol. The maximum Gasteiger partial charge on any atom is 0.311 e. The van der Waals surface area contributed by atoms with Crippen LogP contribution in [0.4, 0.5) is 8.78 Å². The molecule has 0 unspecified atom stereocenters. The number of hydrogen-bond acceptors (Lipinski definition) is 2. The lowest BCUT2D eigenvalue weighted by Gasteiger charge is -2.16. The number of carbonyl (C=O) groups excluding carboxylic acids is 1. The molecule has 0 saturated heterocycles. The normalized spacial score (nSPS) is 11.4. The summed E-state index contributed by atoms with van der Waals surface area (Å²) >= 11 is 0. The summed E-state index contributed by atoms with van der Waals surface area (Å²) in [5.41, 5.74) is 6.69. The quantitative estimate of drug-likeness (QED) is 0.249. The minimum atomic E-state index is -0.497. The lowest BCUT2D eigenvalue weighted by Crippen LogP contribution is -2.23. The summed E-state index contributed by atoms with van der Waals surface area (Å²) in [6.07, 6.45) is 0.664. The Labute approximate surface area is 217 Å². The third kappa shape index (κ3) is 6.14. The van der Waals surface area contributed by atoms with E-state index in [1.807, 2.05) is 88.4 Å². The zero-order valence-electron chi connectivity index (χ0n) is 22.0. The molecular formula is C33H32F2O2. The molecule has 0 bridgehead atoms. The van der Waals surface area contributed by atoms with Crippen molar-refractivity contribution >= 4 is 5.97 Å². The lowest BCUT2D eigenvalue weighted by molar-refractivity contribution is -0.152. The van der Waals surface area contributed by atoms with E-state index in [9.17, 15) is 9.18 Å². The van der Waals surface area contributed by atoms with Crippen LogP contribution in [0.25, 0.3) is 33.4 Å². The van der Waals surface area contributed by atoms with Crippen LogP contribution in [-0.4, -0.2) is 12.6 Å². The topological polar surface area (TPSA) is 26.3 Å². The van der Waals surface area contributed by atoms with Crippen molar-refractivity contribution in [1.29, 1.82) is 0 Å². The highest BCUT2D eigenvalue weighted by Crippen LogP contribution is 2.31. The summed E-state index contributed by atoms with van der Waals surface area (Å²) in [6.45, 7) is 9.44. The highest BCUT2D eigenvalue weighted by atomic mass is 19.1. The van der Waals surface area contributed by atoms with E-state index in [1.165, 1.54) is 12.1 Å². The first kappa shape index (κ1) is 26.3.